The van der Waals surface area contributed by atoms with E-state index in [9.17, 15) is 14.0 Å². The molecule has 3 nitrogen and oxygen atoms in total. The van der Waals surface area contributed by atoms with E-state index in [0.29, 0.717) is 12.8 Å². The van der Waals surface area contributed by atoms with Gasteiger partial charge in [-0.05, 0) is 24.5 Å². The second kappa shape index (κ2) is 7.79. The zero-order chi connectivity index (χ0) is 17.8. The van der Waals surface area contributed by atoms with Crippen LogP contribution in [-0.2, 0) is 11.4 Å². The third kappa shape index (κ3) is 3.90. The van der Waals surface area contributed by atoms with Gasteiger partial charge in [-0.25, -0.2) is 4.39 Å². The Morgan fingerprint density at radius 1 is 1.24 bits per heavy atom. The maximum Gasteiger partial charge on any atom is 0.169 e. The van der Waals surface area contributed by atoms with Crippen LogP contribution in [0.25, 0.3) is 0 Å². The minimum absolute atomic E-state index is 0.0733. The van der Waals surface area contributed by atoms with Crippen LogP contribution < -0.4 is 4.74 Å². The second-order valence-corrected chi connectivity index (χ2v) is 6.65. The minimum atomic E-state index is -0.672. The number of Topliss-reactive ketones (excluding diaryl/α,β-unsaturated/α-hetero) is 1. The standard InChI is InChI=1S/C20H18ClFO3/c21-17-9-16(20(24)15-8-4-7-14(15)11-23)18(22)10-19(17)25-12-13-5-2-1-3-6-13/h1-3,5-6,9-11,14-15H,4,7-8,12H2. The summed E-state index contributed by atoms with van der Waals surface area (Å²) >= 11 is 6.18. The number of aldehydes is 1. The third-order valence-electron chi connectivity index (χ3n) is 4.61. The number of ketones is 1. The molecule has 0 aromatic heterocycles. The van der Waals surface area contributed by atoms with Crippen LogP contribution in [0.3, 0.4) is 0 Å². The Hall–Kier alpha value is -2.20. The van der Waals surface area contributed by atoms with Gasteiger partial charge in [0.15, 0.2) is 5.78 Å². The molecule has 0 radical (unpaired) electrons. The number of hydrogen-bond donors (Lipinski definition) is 0. The summed E-state index contributed by atoms with van der Waals surface area (Å²) in [6, 6.07) is 11.9. The molecular weight excluding hydrogens is 343 g/mol. The van der Waals surface area contributed by atoms with E-state index in [1.54, 1.807) is 0 Å². The molecule has 130 valence electrons. The van der Waals surface area contributed by atoms with Crippen molar-refractivity contribution >= 4 is 23.7 Å². The lowest BCUT2D eigenvalue weighted by Crippen LogP contribution is -2.21. The first kappa shape index (κ1) is 17.6. The van der Waals surface area contributed by atoms with E-state index in [1.165, 1.54) is 6.07 Å². The largest absolute Gasteiger partial charge is 0.487 e. The van der Waals surface area contributed by atoms with Crippen LogP contribution in [0.5, 0.6) is 5.75 Å². The molecule has 0 heterocycles. The Morgan fingerprint density at radius 2 is 2.00 bits per heavy atom. The smallest absolute Gasteiger partial charge is 0.169 e. The Kier molecular flexibility index (Phi) is 5.49. The van der Waals surface area contributed by atoms with Gasteiger partial charge < -0.3 is 9.53 Å². The Labute approximate surface area is 150 Å². The van der Waals surface area contributed by atoms with E-state index in [0.717, 1.165) is 24.3 Å². The molecule has 0 aliphatic heterocycles. The maximum atomic E-state index is 14.4. The van der Waals surface area contributed by atoms with Crippen molar-refractivity contribution in [1.82, 2.24) is 0 Å². The first-order valence-electron chi connectivity index (χ1n) is 8.25. The molecule has 2 aromatic carbocycles. The normalized spacial score (nSPS) is 19.6. The maximum absolute atomic E-state index is 14.4. The molecule has 1 saturated carbocycles. The van der Waals surface area contributed by atoms with Gasteiger partial charge in [0.25, 0.3) is 0 Å². The van der Waals surface area contributed by atoms with Crippen LogP contribution >= 0.6 is 11.6 Å². The second-order valence-electron chi connectivity index (χ2n) is 6.24. The Morgan fingerprint density at radius 3 is 2.72 bits per heavy atom. The van der Waals surface area contributed by atoms with Crippen molar-refractivity contribution in [1.29, 1.82) is 0 Å². The van der Waals surface area contributed by atoms with Crippen molar-refractivity contribution in [2.75, 3.05) is 0 Å². The van der Waals surface area contributed by atoms with Gasteiger partial charge in [0.2, 0.25) is 0 Å². The summed E-state index contributed by atoms with van der Waals surface area (Å²) in [5, 5.41) is 0.182. The van der Waals surface area contributed by atoms with Crippen molar-refractivity contribution in [3.8, 4) is 5.75 Å². The lowest BCUT2D eigenvalue weighted by Gasteiger charge is -2.15. The summed E-state index contributed by atoms with van der Waals surface area (Å²) in [7, 11) is 0. The molecule has 0 amide bonds. The molecule has 1 aliphatic carbocycles. The summed E-state index contributed by atoms with van der Waals surface area (Å²) < 4.78 is 20.0. The first-order chi connectivity index (χ1) is 12.1. The number of rotatable bonds is 6. The highest BCUT2D eigenvalue weighted by Gasteiger charge is 2.34. The summed E-state index contributed by atoms with van der Waals surface area (Å²) in [5.41, 5.74) is 0.856. The molecule has 1 aliphatic rings. The van der Waals surface area contributed by atoms with Gasteiger partial charge in [-0.15, -0.1) is 0 Å². The summed E-state index contributed by atoms with van der Waals surface area (Å²) in [6.45, 7) is 0.253. The van der Waals surface area contributed by atoms with Crippen LogP contribution in [0.1, 0.15) is 35.2 Å². The van der Waals surface area contributed by atoms with Gasteiger partial charge in [-0.3, -0.25) is 4.79 Å². The zero-order valence-corrected chi connectivity index (χ0v) is 14.3. The van der Waals surface area contributed by atoms with Gasteiger partial charge in [-0.1, -0.05) is 48.4 Å². The Balaban J connectivity index is 1.78. The number of hydrogen-bond acceptors (Lipinski definition) is 3. The first-order valence-corrected chi connectivity index (χ1v) is 8.63. The van der Waals surface area contributed by atoms with Gasteiger partial charge in [0.05, 0.1) is 10.6 Å². The quantitative estimate of drug-likeness (QED) is 0.546. The van der Waals surface area contributed by atoms with Crippen molar-refractivity contribution in [3.63, 3.8) is 0 Å². The molecule has 25 heavy (non-hydrogen) atoms. The van der Waals surface area contributed by atoms with E-state index >= 15 is 0 Å². The number of halogens is 2. The molecule has 0 bridgehead atoms. The SMILES string of the molecule is O=CC1CCCC1C(=O)c1cc(Cl)c(OCc2ccccc2)cc1F. The molecule has 1 fully saturated rings. The molecule has 0 saturated heterocycles. The molecule has 2 atom stereocenters. The lowest BCUT2D eigenvalue weighted by molar-refractivity contribution is -0.111. The highest BCUT2D eigenvalue weighted by atomic mass is 35.5. The van der Waals surface area contributed by atoms with Gasteiger partial charge in [0, 0.05) is 17.9 Å². The van der Waals surface area contributed by atoms with Crippen LogP contribution in [0.15, 0.2) is 42.5 Å². The number of benzene rings is 2. The highest BCUT2D eigenvalue weighted by molar-refractivity contribution is 6.32. The predicted octanol–water partition coefficient (Wildman–Crippen LogP) is 4.86. The minimum Gasteiger partial charge on any atom is -0.487 e. The predicted molar refractivity (Wildman–Crippen MR) is 93.4 cm³/mol. The van der Waals surface area contributed by atoms with Gasteiger partial charge >= 0.3 is 0 Å². The van der Waals surface area contributed by atoms with E-state index in [2.05, 4.69) is 0 Å². The average molecular weight is 361 g/mol. The fourth-order valence-corrected chi connectivity index (χ4v) is 3.46. The summed E-state index contributed by atoms with van der Waals surface area (Å²) in [5.74, 6) is -1.63. The van der Waals surface area contributed by atoms with Crippen LogP contribution in [0.4, 0.5) is 4.39 Å². The Bertz CT molecular complexity index is 776. The topological polar surface area (TPSA) is 43.4 Å². The molecule has 2 aromatic rings. The highest BCUT2D eigenvalue weighted by Crippen LogP contribution is 2.35. The van der Waals surface area contributed by atoms with Crippen LogP contribution in [0, 0.1) is 17.7 Å². The lowest BCUT2D eigenvalue weighted by atomic mass is 9.89. The van der Waals surface area contributed by atoms with Crippen molar-refractivity contribution in [2.45, 2.75) is 25.9 Å². The third-order valence-corrected chi connectivity index (χ3v) is 4.90. The molecule has 0 N–H and O–H groups in total. The summed E-state index contributed by atoms with van der Waals surface area (Å²) in [4.78, 5) is 23.7. The summed E-state index contributed by atoms with van der Waals surface area (Å²) in [6.07, 6.45) is 2.87. The number of carbonyl (C=O) groups excluding carboxylic acids is 2. The van der Waals surface area contributed by atoms with E-state index < -0.39 is 11.7 Å². The monoisotopic (exact) mass is 360 g/mol. The molecule has 2 unspecified atom stereocenters. The molecule has 3 rings (SSSR count). The van der Waals surface area contributed by atoms with E-state index in [4.69, 9.17) is 16.3 Å². The molecular formula is C20H18ClFO3. The van der Waals surface area contributed by atoms with E-state index in [1.807, 2.05) is 30.3 Å². The average Bonchev–Trinajstić information content (AvgIpc) is 3.11. The van der Waals surface area contributed by atoms with Crippen molar-refractivity contribution in [2.24, 2.45) is 11.8 Å². The van der Waals surface area contributed by atoms with Crippen LogP contribution in [0.2, 0.25) is 5.02 Å². The number of ether oxygens (including phenoxy) is 1. The van der Waals surface area contributed by atoms with Crippen molar-refractivity contribution < 1.29 is 18.7 Å². The van der Waals surface area contributed by atoms with Gasteiger partial charge in [0.1, 0.15) is 24.5 Å². The van der Waals surface area contributed by atoms with E-state index in [-0.39, 0.29) is 34.6 Å². The molecule has 0 spiro atoms. The number of carbonyl (C=O) groups is 2. The van der Waals surface area contributed by atoms with Crippen molar-refractivity contribution in [3.05, 3.63) is 64.4 Å². The fraction of sp³-hybridized carbons (Fsp3) is 0.300. The van der Waals surface area contributed by atoms with Gasteiger partial charge in [-0.2, -0.15) is 0 Å². The van der Waals surface area contributed by atoms with Crippen LogP contribution in [-0.4, -0.2) is 12.1 Å². The molecule has 5 heteroatoms. The zero-order valence-electron chi connectivity index (χ0n) is 13.6. The fourth-order valence-electron chi connectivity index (χ4n) is 3.24.